The molecule has 3 heteroatoms. The molecule has 0 bridgehead atoms. The molecular weight excluding hydrogens is 202 g/mol. The van der Waals surface area contributed by atoms with Crippen LogP contribution in [0.15, 0.2) is 36.5 Å². The Morgan fingerprint density at radius 3 is 2.69 bits per heavy atom. The zero-order chi connectivity index (χ0) is 11.5. The minimum atomic E-state index is 0.280. The maximum atomic E-state index is 9.35. The monoisotopic (exact) mass is 215 g/mol. The van der Waals surface area contributed by atoms with E-state index in [1.165, 1.54) is 0 Å². The average Bonchev–Trinajstić information content (AvgIpc) is 2.29. The summed E-state index contributed by atoms with van der Waals surface area (Å²) in [6.07, 6.45) is 1.71. The molecule has 0 amide bonds. The minimum Gasteiger partial charge on any atom is -0.508 e. The second kappa shape index (κ2) is 4.23. The van der Waals surface area contributed by atoms with Gasteiger partial charge >= 0.3 is 0 Å². The van der Waals surface area contributed by atoms with Crippen LogP contribution >= 0.6 is 0 Å². The van der Waals surface area contributed by atoms with Crippen molar-refractivity contribution in [3.63, 3.8) is 0 Å². The SMILES string of the molecule is COc1cc(-c2ccc(O)cc2C)ccn1. The van der Waals surface area contributed by atoms with Gasteiger partial charge in [-0.25, -0.2) is 4.98 Å². The summed E-state index contributed by atoms with van der Waals surface area (Å²) in [5.74, 6) is 0.868. The molecule has 2 rings (SSSR count). The van der Waals surface area contributed by atoms with Gasteiger partial charge in [0.1, 0.15) is 5.75 Å². The van der Waals surface area contributed by atoms with E-state index in [4.69, 9.17) is 4.74 Å². The Morgan fingerprint density at radius 2 is 2.00 bits per heavy atom. The number of methoxy groups -OCH3 is 1. The van der Waals surface area contributed by atoms with Crippen LogP contribution in [0.5, 0.6) is 11.6 Å². The molecule has 0 fully saturated rings. The molecule has 0 saturated heterocycles. The molecule has 1 N–H and O–H groups in total. The fourth-order valence-corrected chi connectivity index (χ4v) is 1.66. The second-order valence-electron chi connectivity index (χ2n) is 3.59. The number of phenols is 1. The summed E-state index contributed by atoms with van der Waals surface area (Å²) in [4.78, 5) is 4.06. The van der Waals surface area contributed by atoms with Crippen LogP contribution in [0.1, 0.15) is 5.56 Å². The minimum absolute atomic E-state index is 0.280. The lowest BCUT2D eigenvalue weighted by atomic mass is 10.0. The molecule has 0 saturated carbocycles. The van der Waals surface area contributed by atoms with Crippen molar-refractivity contribution >= 4 is 0 Å². The third-order valence-corrected chi connectivity index (χ3v) is 2.46. The van der Waals surface area contributed by atoms with E-state index < -0.39 is 0 Å². The van der Waals surface area contributed by atoms with Crippen molar-refractivity contribution in [2.75, 3.05) is 7.11 Å². The number of ether oxygens (including phenoxy) is 1. The normalized spacial score (nSPS) is 10.1. The Balaban J connectivity index is 2.49. The summed E-state index contributed by atoms with van der Waals surface area (Å²) in [6, 6.07) is 9.10. The number of aromatic hydroxyl groups is 1. The fraction of sp³-hybridized carbons (Fsp3) is 0.154. The second-order valence-corrected chi connectivity index (χ2v) is 3.59. The highest BCUT2D eigenvalue weighted by Crippen LogP contribution is 2.27. The summed E-state index contributed by atoms with van der Waals surface area (Å²) >= 11 is 0. The zero-order valence-corrected chi connectivity index (χ0v) is 9.27. The first kappa shape index (κ1) is 10.5. The Morgan fingerprint density at radius 1 is 1.19 bits per heavy atom. The van der Waals surface area contributed by atoms with Gasteiger partial charge in [0.2, 0.25) is 5.88 Å². The quantitative estimate of drug-likeness (QED) is 0.837. The van der Waals surface area contributed by atoms with Crippen LogP contribution in [0, 0.1) is 6.92 Å². The lowest BCUT2D eigenvalue weighted by Gasteiger charge is -2.07. The first-order valence-corrected chi connectivity index (χ1v) is 5.01. The molecule has 82 valence electrons. The van der Waals surface area contributed by atoms with Crippen molar-refractivity contribution in [2.24, 2.45) is 0 Å². The van der Waals surface area contributed by atoms with Crippen LogP contribution in [-0.4, -0.2) is 17.2 Å². The molecular formula is C13H13NO2. The van der Waals surface area contributed by atoms with E-state index in [1.54, 1.807) is 25.4 Å². The third-order valence-electron chi connectivity index (χ3n) is 2.46. The van der Waals surface area contributed by atoms with Crippen molar-refractivity contribution in [3.05, 3.63) is 42.1 Å². The smallest absolute Gasteiger partial charge is 0.213 e. The predicted octanol–water partition coefficient (Wildman–Crippen LogP) is 2.77. The van der Waals surface area contributed by atoms with Crippen LogP contribution in [0.25, 0.3) is 11.1 Å². The zero-order valence-electron chi connectivity index (χ0n) is 9.27. The van der Waals surface area contributed by atoms with Gasteiger partial charge in [0.15, 0.2) is 0 Å². The van der Waals surface area contributed by atoms with Crippen LogP contribution in [0.4, 0.5) is 0 Å². The number of aromatic nitrogens is 1. The fourth-order valence-electron chi connectivity index (χ4n) is 1.66. The molecule has 0 radical (unpaired) electrons. The van der Waals surface area contributed by atoms with Gasteiger partial charge in [0.05, 0.1) is 7.11 Å². The summed E-state index contributed by atoms with van der Waals surface area (Å²) in [5.41, 5.74) is 3.12. The molecule has 0 aliphatic rings. The van der Waals surface area contributed by atoms with Gasteiger partial charge in [-0.3, -0.25) is 0 Å². The van der Waals surface area contributed by atoms with Crippen LogP contribution in [-0.2, 0) is 0 Å². The molecule has 0 aliphatic heterocycles. The number of benzene rings is 1. The van der Waals surface area contributed by atoms with Gasteiger partial charge in [0, 0.05) is 12.3 Å². The highest BCUT2D eigenvalue weighted by atomic mass is 16.5. The molecule has 1 aromatic heterocycles. The van der Waals surface area contributed by atoms with Gasteiger partial charge in [-0.05, 0) is 41.8 Å². The molecule has 1 heterocycles. The lowest BCUT2D eigenvalue weighted by molar-refractivity contribution is 0.398. The Bertz CT molecular complexity index is 509. The van der Waals surface area contributed by atoms with Crippen LogP contribution < -0.4 is 4.74 Å². The summed E-state index contributed by atoms with van der Waals surface area (Å²) in [7, 11) is 1.59. The van der Waals surface area contributed by atoms with E-state index in [1.807, 2.05) is 25.1 Å². The number of hydrogen-bond donors (Lipinski definition) is 1. The van der Waals surface area contributed by atoms with E-state index >= 15 is 0 Å². The summed E-state index contributed by atoms with van der Waals surface area (Å²) < 4.78 is 5.08. The number of pyridine rings is 1. The molecule has 0 spiro atoms. The maximum Gasteiger partial charge on any atom is 0.213 e. The summed E-state index contributed by atoms with van der Waals surface area (Å²) in [6.45, 7) is 1.96. The van der Waals surface area contributed by atoms with Gasteiger partial charge < -0.3 is 9.84 Å². The van der Waals surface area contributed by atoms with Crippen molar-refractivity contribution in [2.45, 2.75) is 6.92 Å². The number of nitrogens with zero attached hydrogens (tertiary/aromatic N) is 1. The molecule has 2 aromatic rings. The standard InChI is InChI=1S/C13H13NO2/c1-9-7-11(15)3-4-12(9)10-5-6-14-13(8-10)16-2/h3-8,15H,1-2H3. The Labute approximate surface area is 94.3 Å². The molecule has 0 atom stereocenters. The van der Waals surface area contributed by atoms with Gasteiger partial charge in [-0.1, -0.05) is 6.07 Å². The molecule has 1 aromatic carbocycles. The van der Waals surface area contributed by atoms with E-state index in [0.29, 0.717) is 5.88 Å². The third kappa shape index (κ3) is 1.98. The van der Waals surface area contributed by atoms with Crippen LogP contribution in [0.3, 0.4) is 0 Å². The maximum absolute atomic E-state index is 9.35. The molecule has 0 unspecified atom stereocenters. The van der Waals surface area contributed by atoms with E-state index in [2.05, 4.69) is 4.98 Å². The highest BCUT2D eigenvalue weighted by Gasteiger charge is 2.04. The largest absolute Gasteiger partial charge is 0.508 e. The topological polar surface area (TPSA) is 42.4 Å². The Kier molecular flexibility index (Phi) is 2.77. The first-order chi connectivity index (χ1) is 7.70. The number of hydrogen-bond acceptors (Lipinski definition) is 3. The number of phenolic OH excluding ortho intramolecular Hbond substituents is 1. The number of rotatable bonds is 2. The van der Waals surface area contributed by atoms with Crippen molar-refractivity contribution in [1.82, 2.24) is 4.98 Å². The highest BCUT2D eigenvalue weighted by molar-refractivity contribution is 5.68. The van der Waals surface area contributed by atoms with E-state index in [0.717, 1.165) is 16.7 Å². The Hall–Kier alpha value is -2.03. The van der Waals surface area contributed by atoms with Crippen molar-refractivity contribution < 1.29 is 9.84 Å². The van der Waals surface area contributed by atoms with E-state index in [-0.39, 0.29) is 5.75 Å². The van der Waals surface area contributed by atoms with Crippen LogP contribution in [0.2, 0.25) is 0 Å². The van der Waals surface area contributed by atoms with Crippen molar-refractivity contribution in [3.8, 4) is 22.8 Å². The molecule has 0 aliphatic carbocycles. The van der Waals surface area contributed by atoms with Gasteiger partial charge in [-0.2, -0.15) is 0 Å². The predicted molar refractivity (Wildman–Crippen MR) is 62.6 cm³/mol. The lowest BCUT2D eigenvalue weighted by Crippen LogP contribution is -1.88. The first-order valence-electron chi connectivity index (χ1n) is 5.01. The van der Waals surface area contributed by atoms with Gasteiger partial charge in [0.25, 0.3) is 0 Å². The van der Waals surface area contributed by atoms with E-state index in [9.17, 15) is 5.11 Å². The number of aryl methyl sites for hydroxylation is 1. The van der Waals surface area contributed by atoms with Gasteiger partial charge in [-0.15, -0.1) is 0 Å². The van der Waals surface area contributed by atoms with Crippen molar-refractivity contribution in [1.29, 1.82) is 0 Å². The molecule has 3 nitrogen and oxygen atoms in total. The average molecular weight is 215 g/mol. The summed E-state index contributed by atoms with van der Waals surface area (Å²) in [5, 5.41) is 9.35. The molecule has 16 heavy (non-hydrogen) atoms.